The Kier molecular flexibility index (Phi) is 4.01. The molecule has 1 N–H and O–H groups in total. The van der Waals surface area contributed by atoms with E-state index >= 15 is 0 Å². The zero-order valence-corrected chi connectivity index (χ0v) is 11.1. The zero-order chi connectivity index (χ0) is 13.9. The Labute approximate surface area is 111 Å². The molecule has 1 fully saturated rings. The molecule has 1 aliphatic heterocycles. The fourth-order valence-electron chi connectivity index (χ4n) is 2.17. The number of nitro benzene ring substituents is 1. The summed E-state index contributed by atoms with van der Waals surface area (Å²) in [5, 5.41) is 14.1. The summed E-state index contributed by atoms with van der Waals surface area (Å²) in [7, 11) is 1.64. The van der Waals surface area contributed by atoms with Crippen LogP contribution >= 0.6 is 0 Å². The van der Waals surface area contributed by atoms with E-state index in [1.807, 2.05) is 6.92 Å². The lowest BCUT2D eigenvalue weighted by Crippen LogP contribution is -2.39. The van der Waals surface area contributed by atoms with Crippen LogP contribution in [0.1, 0.15) is 12.0 Å². The normalized spacial score (nSPS) is 22.4. The fraction of sp³-hybridized carbons (Fsp3) is 0.538. The van der Waals surface area contributed by atoms with E-state index in [0.717, 1.165) is 12.0 Å². The second kappa shape index (κ2) is 5.54. The number of ether oxygens (including phenoxy) is 2. The van der Waals surface area contributed by atoms with Gasteiger partial charge in [0, 0.05) is 32.7 Å². The summed E-state index contributed by atoms with van der Waals surface area (Å²) < 4.78 is 10.8. The van der Waals surface area contributed by atoms with Crippen molar-refractivity contribution in [2.24, 2.45) is 0 Å². The third-order valence-corrected chi connectivity index (χ3v) is 3.45. The number of methoxy groups -OCH3 is 1. The molecule has 1 heterocycles. The lowest BCUT2D eigenvalue weighted by molar-refractivity contribution is -0.384. The standard InChI is InChI=1S/C13H18N2O4/c1-10-3-4-12(15(16)17)11(7-10)14-8-13(18-2)5-6-19-9-13/h3-4,7,14H,5-6,8-9H2,1-2H3. The van der Waals surface area contributed by atoms with Gasteiger partial charge in [0.1, 0.15) is 11.3 Å². The van der Waals surface area contributed by atoms with Crippen molar-refractivity contribution in [2.45, 2.75) is 18.9 Å². The first-order valence-corrected chi connectivity index (χ1v) is 6.18. The number of aryl methyl sites for hydroxylation is 1. The van der Waals surface area contributed by atoms with Gasteiger partial charge in [0.2, 0.25) is 0 Å². The van der Waals surface area contributed by atoms with E-state index in [4.69, 9.17) is 9.47 Å². The van der Waals surface area contributed by atoms with Crippen molar-refractivity contribution in [3.8, 4) is 0 Å². The van der Waals surface area contributed by atoms with Crippen LogP contribution in [0.2, 0.25) is 0 Å². The lowest BCUT2D eigenvalue weighted by atomic mass is 10.0. The monoisotopic (exact) mass is 266 g/mol. The summed E-state index contributed by atoms with van der Waals surface area (Å²) in [5.74, 6) is 0. The highest BCUT2D eigenvalue weighted by Crippen LogP contribution is 2.28. The number of hydrogen-bond acceptors (Lipinski definition) is 5. The van der Waals surface area contributed by atoms with Crippen molar-refractivity contribution in [2.75, 3.05) is 32.2 Å². The van der Waals surface area contributed by atoms with E-state index in [1.165, 1.54) is 6.07 Å². The molecule has 0 aromatic heterocycles. The molecule has 1 unspecified atom stereocenters. The van der Waals surface area contributed by atoms with Gasteiger partial charge in [-0.25, -0.2) is 0 Å². The molecule has 0 amide bonds. The van der Waals surface area contributed by atoms with E-state index in [2.05, 4.69) is 5.32 Å². The van der Waals surface area contributed by atoms with Crippen molar-refractivity contribution >= 4 is 11.4 Å². The summed E-state index contributed by atoms with van der Waals surface area (Å²) in [6.45, 7) is 3.56. The van der Waals surface area contributed by atoms with E-state index in [9.17, 15) is 10.1 Å². The average molecular weight is 266 g/mol. The van der Waals surface area contributed by atoms with Gasteiger partial charge in [-0.15, -0.1) is 0 Å². The first-order valence-electron chi connectivity index (χ1n) is 6.18. The van der Waals surface area contributed by atoms with Crippen LogP contribution in [0.25, 0.3) is 0 Å². The van der Waals surface area contributed by atoms with E-state index in [0.29, 0.717) is 25.4 Å². The van der Waals surface area contributed by atoms with E-state index in [1.54, 1.807) is 19.2 Å². The molecular weight excluding hydrogens is 248 g/mol. The quantitative estimate of drug-likeness (QED) is 0.652. The molecule has 0 saturated carbocycles. The molecule has 1 aromatic rings. The SMILES string of the molecule is COC1(CNc2cc(C)ccc2[N+](=O)[O-])CCOC1. The summed E-state index contributed by atoms with van der Waals surface area (Å²) in [6, 6.07) is 5.02. The number of nitro groups is 1. The molecule has 104 valence electrons. The smallest absolute Gasteiger partial charge is 0.292 e. The number of benzene rings is 1. The van der Waals surface area contributed by atoms with Gasteiger partial charge in [0.25, 0.3) is 5.69 Å². The van der Waals surface area contributed by atoms with E-state index < -0.39 is 5.60 Å². The van der Waals surface area contributed by atoms with Gasteiger partial charge >= 0.3 is 0 Å². The Balaban J connectivity index is 2.14. The molecule has 6 nitrogen and oxygen atoms in total. The minimum absolute atomic E-state index is 0.0794. The van der Waals surface area contributed by atoms with Crippen molar-refractivity contribution in [1.82, 2.24) is 0 Å². The Morgan fingerprint density at radius 2 is 2.37 bits per heavy atom. The van der Waals surface area contributed by atoms with Gasteiger partial charge in [-0.3, -0.25) is 10.1 Å². The second-order valence-electron chi connectivity index (χ2n) is 4.82. The largest absolute Gasteiger partial charge is 0.378 e. The highest BCUT2D eigenvalue weighted by Gasteiger charge is 2.35. The van der Waals surface area contributed by atoms with Crippen molar-refractivity contribution in [3.05, 3.63) is 33.9 Å². The first-order chi connectivity index (χ1) is 9.06. The van der Waals surface area contributed by atoms with Crippen LogP contribution in [-0.2, 0) is 9.47 Å². The van der Waals surface area contributed by atoms with Gasteiger partial charge in [0.05, 0.1) is 11.5 Å². The van der Waals surface area contributed by atoms with Crippen LogP contribution < -0.4 is 5.32 Å². The van der Waals surface area contributed by atoms with Crippen molar-refractivity contribution in [3.63, 3.8) is 0 Å². The third-order valence-electron chi connectivity index (χ3n) is 3.45. The summed E-state index contributed by atoms with van der Waals surface area (Å²) >= 11 is 0. The number of nitrogens with one attached hydrogen (secondary N) is 1. The average Bonchev–Trinajstić information content (AvgIpc) is 2.85. The predicted molar refractivity (Wildman–Crippen MR) is 71.5 cm³/mol. The molecule has 2 rings (SSSR count). The van der Waals surface area contributed by atoms with Crippen LogP contribution in [0.15, 0.2) is 18.2 Å². The molecule has 1 atom stereocenters. The molecule has 0 bridgehead atoms. The topological polar surface area (TPSA) is 73.6 Å². The maximum Gasteiger partial charge on any atom is 0.292 e. The summed E-state index contributed by atoms with van der Waals surface area (Å²) in [6.07, 6.45) is 0.788. The second-order valence-corrected chi connectivity index (χ2v) is 4.82. The Hall–Kier alpha value is -1.66. The number of nitrogens with zero attached hydrogens (tertiary/aromatic N) is 1. The third kappa shape index (κ3) is 3.02. The van der Waals surface area contributed by atoms with Crippen LogP contribution in [0, 0.1) is 17.0 Å². The maximum absolute atomic E-state index is 11.0. The fourth-order valence-corrected chi connectivity index (χ4v) is 2.17. The Bertz CT molecular complexity index is 470. The molecule has 0 aliphatic carbocycles. The van der Waals surface area contributed by atoms with E-state index in [-0.39, 0.29) is 10.6 Å². The van der Waals surface area contributed by atoms with Gasteiger partial charge in [-0.2, -0.15) is 0 Å². The molecule has 1 aromatic carbocycles. The zero-order valence-electron chi connectivity index (χ0n) is 11.1. The summed E-state index contributed by atoms with van der Waals surface area (Å²) in [4.78, 5) is 10.6. The van der Waals surface area contributed by atoms with Crippen LogP contribution in [0.3, 0.4) is 0 Å². The van der Waals surface area contributed by atoms with Crippen LogP contribution in [0.4, 0.5) is 11.4 Å². The lowest BCUT2D eigenvalue weighted by Gasteiger charge is -2.26. The Morgan fingerprint density at radius 1 is 1.58 bits per heavy atom. The highest BCUT2D eigenvalue weighted by atomic mass is 16.6. The van der Waals surface area contributed by atoms with Gasteiger partial charge in [0.15, 0.2) is 0 Å². The van der Waals surface area contributed by atoms with Crippen molar-refractivity contribution < 1.29 is 14.4 Å². The predicted octanol–water partition coefficient (Wildman–Crippen LogP) is 2.12. The molecule has 0 spiro atoms. The van der Waals surface area contributed by atoms with Crippen molar-refractivity contribution in [1.29, 1.82) is 0 Å². The molecule has 1 aliphatic rings. The molecular formula is C13H18N2O4. The molecule has 0 radical (unpaired) electrons. The Morgan fingerprint density at radius 3 is 2.95 bits per heavy atom. The maximum atomic E-state index is 11.0. The minimum atomic E-state index is -0.391. The first kappa shape index (κ1) is 13.8. The number of anilines is 1. The molecule has 19 heavy (non-hydrogen) atoms. The van der Waals surface area contributed by atoms with Gasteiger partial charge in [-0.05, 0) is 18.6 Å². The minimum Gasteiger partial charge on any atom is -0.378 e. The van der Waals surface area contributed by atoms with Gasteiger partial charge < -0.3 is 14.8 Å². The molecule has 6 heteroatoms. The highest BCUT2D eigenvalue weighted by molar-refractivity contribution is 5.62. The molecule has 1 saturated heterocycles. The van der Waals surface area contributed by atoms with Gasteiger partial charge in [-0.1, -0.05) is 6.07 Å². The van der Waals surface area contributed by atoms with Crippen LogP contribution in [-0.4, -0.2) is 37.4 Å². The van der Waals surface area contributed by atoms with Crippen LogP contribution in [0.5, 0.6) is 0 Å². The number of hydrogen-bond donors (Lipinski definition) is 1. The summed E-state index contributed by atoms with van der Waals surface area (Å²) in [5.41, 5.74) is 1.18. The number of rotatable bonds is 5.